The van der Waals surface area contributed by atoms with E-state index in [-0.39, 0.29) is 5.92 Å². The number of carboxylic acids is 1. The molecule has 4 rings (SSSR count). The van der Waals surface area contributed by atoms with Crippen molar-refractivity contribution in [3.63, 3.8) is 0 Å². The van der Waals surface area contributed by atoms with E-state index < -0.39 is 23.1 Å². The van der Waals surface area contributed by atoms with Gasteiger partial charge in [-0.2, -0.15) is 0 Å². The molecule has 0 amide bonds. The average Bonchev–Trinajstić information content (AvgIpc) is 2.93. The minimum absolute atomic E-state index is 0.115. The summed E-state index contributed by atoms with van der Waals surface area (Å²) in [5.41, 5.74) is 1.15. The van der Waals surface area contributed by atoms with Crippen LogP contribution in [0.15, 0.2) is 84.9 Å². The molecular formula is C32H39NO4. The fourth-order valence-corrected chi connectivity index (χ4v) is 5.73. The van der Waals surface area contributed by atoms with Crippen LogP contribution in [0, 0.1) is 5.92 Å². The Kier molecular flexibility index (Phi) is 8.48. The molecule has 0 spiro atoms. The summed E-state index contributed by atoms with van der Waals surface area (Å²) < 4.78 is 0. The molecule has 0 bridgehead atoms. The number of likely N-dealkylation sites (tertiary alicyclic amines) is 1. The third kappa shape index (κ3) is 5.80. The van der Waals surface area contributed by atoms with E-state index in [4.69, 9.17) is 0 Å². The summed E-state index contributed by atoms with van der Waals surface area (Å²) in [5, 5.41) is 32.7. The minimum Gasteiger partial charge on any atom is -0.481 e. The van der Waals surface area contributed by atoms with Crippen LogP contribution in [0.1, 0.15) is 67.9 Å². The van der Waals surface area contributed by atoms with E-state index in [1.165, 1.54) is 0 Å². The lowest BCUT2D eigenvalue weighted by Gasteiger charge is -2.42. The summed E-state index contributed by atoms with van der Waals surface area (Å²) in [7, 11) is 0. The zero-order valence-electron chi connectivity index (χ0n) is 21.9. The van der Waals surface area contributed by atoms with E-state index in [0.29, 0.717) is 17.5 Å². The average molecular weight is 502 g/mol. The molecule has 37 heavy (non-hydrogen) atoms. The summed E-state index contributed by atoms with van der Waals surface area (Å²) in [6.07, 6.45) is 2.46. The molecule has 1 aliphatic heterocycles. The van der Waals surface area contributed by atoms with Crippen LogP contribution in [-0.2, 0) is 15.8 Å². The zero-order chi connectivity index (χ0) is 26.5. The van der Waals surface area contributed by atoms with Crippen molar-refractivity contribution in [1.29, 1.82) is 0 Å². The Hall–Kier alpha value is -2.99. The molecule has 3 N–H and O–H groups in total. The van der Waals surface area contributed by atoms with Crippen LogP contribution in [0.5, 0.6) is 0 Å². The van der Waals surface area contributed by atoms with Crippen molar-refractivity contribution in [1.82, 2.24) is 4.90 Å². The fourth-order valence-electron chi connectivity index (χ4n) is 5.73. The fraction of sp³-hybridized carbons (Fsp3) is 0.406. The maximum atomic E-state index is 12.1. The van der Waals surface area contributed by atoms with Crippen LogP contribution < -0.4 is 0 Å². The topological polar surface area (TPSA) is 81.0 Å². The Morgan fingerprint density at radius 3 is 1.95 bits per heavy atom. The van der Waals surface area contributed by atoms with E-state index in [1.54, 1.807) is 19.9 Å². The zero-order valence-corrected chi connectivity index (χ0v) is 21.9. The van der Waals surface area contributed by atoms with E-state index in [2.05, 4.69) is 4.90 Å². The van der Waals surface area contributed by atoms with Gasteiger partial charge in [-0.3, -0.25) is 4.79 Å². The third-order valence-corrected chi connectivity index (χ3v) is 8.09. The van der Waals surface area contributed by atoms with Crippen molar-refractivity contribution in [2.45, 2.75) is 56.7 Å². The highest BCUT2D eigenvalue weighted by molar-refractivity contribution is 5.80. The molecule has 1 heterocycles. The number of hydrogen-bond donors (Lipinski definition) is 3. The van der Waals surface area contributed by atoms with Gasteiger partial charge in [0.15, 0.2) is 0 Å². The van der Waals surface area contributed by atoms with Crippen LogP contribution in [0.25, 0.3) is 0 Å². The van der Waals surface area contributed by atoms with Gasteiger partial charge in [0.2, 0.25) is 0 Å². The van der Waals surface area contributed by atoms with E-state index in [9.17, 15) is 20.1 Å². The highest BCUT2D eigenvalue weighted by Gasteiger charge is 2.41. The maximum Gasteiger partial charge on any atom is 0.313 e. The molecule has 0 saturated carbocycles. The van der Waals surface area contributed by atoms with Gasteiger partial charge in [0, 0.05) is 0 Å². The predicted molar refractivity (Wildman–Crippen MR) is 146 cm³/mol. The number of aliphatic hydroxyl groups excluding tert-OH is 1. The van der Waals surface area contributed by atoms with Crippen LogP contribution in [0.2, 0.25) is 0 Å². The smallest absolute Gasteiger partial charge is 0.313 e. The molecule has 0 radical (unpaired) electrons. The molecule has 1 atom stereocenters. The van der Waals surface area contributed by atoms with E-state index in [0.717, 1.165) is 50.0 Å². The highest BCUT2D eigenvalue weighted by Crippen LogP contribution is 2.42. The molecule has 1 unspecified atom stereocenters. The van der Waals surface area contributed by atoms with Gasteiger partial charge in [-0.15, -0.1) is 0 Å². The summed E-state index contributed by atoms with van der Waals surface area (Å²) in [5.74, 6) is -0.787. The Balaban J connectivity index is 1.36. The standard InChI is InChI=1S/C32H39NO4/c1-31(2,30(35)36)28-17-10-9-16-27(28)29(34)18-11-21-33-22-19-26(20-23-33)32(37,24-12-5-3-6-13-24)25-14-7-4-8-15-25/h3-10,12-17,26,29,34,37H,11,18-23H2,1-2H3,(H,35,36). The molecule has 1 saturated heterocycles. The Labute approximate surface area is 220 Å². The lowest BCUT2D eigenvalue weighted by atomic mass is 9.72. The van der Waals surface area contributed by atoms with E-state index in [1.807, 2.05) is 78.9 Å². The summed E-state index contributed by atoms with van der Waals surface area (Å²) in [4.78, 5) is 14.2. The van der Waals surface area contributed by atoms with Crippen LogP contribution >= 0.6 is 0 Å². The Bertz CT molecular complexity index is 1110. The predicted octanol–water partition coefficient (Wildman–Crippen LogP) is 5.51. The molecule has 0 aromatic heterocycles. The van der Waals surface area contributed by atoms with Gasteiger partial charge in [0.05, 0.1) is 11.5 Å². The number of hydrogen-bond acceptors (Lipinski definition) is 4. The van der Waals surface area contributed by atoms with Gasteiger partial charge in [-0.25, -0.2) is 0 Å². The maximum absolute atomic E-state index is 12.1. The number of benzene rings is 3. The molecule has 5 heteroatoms. The monoisotopic (exact) mass is 501 g/mol. The Morgan fingerprint density at radius 2 is 1.41 bits per heavy atom. The van der Waals surface area contributed by atoms with Crippen molar-refractivity contribution in [2.24, 2.45) is 5.92 Å². The quantitative estimate of drug-likeness (QED) is 0.341. The van der Waals surface area contributed by atoms with Gasteiger partial charge in [0.25, 0.3) is 0 Å². The summed E-state index contributed by atoms with van der Waals surface area (Å²) in [6, 6.07) is 27.3. The van der Waals surface area contributed by atoms with Crippen LogP contribution in [-0.4, -0.2) is 45.8 Å². The van der Waals surface area contributed by atoms with Gasteiger partial charge in [-0.1, -0.05) is 84.9 Å². The number of rotatable bonds is 10. The number of nitrogens with zero attached hydrogens (tertiary/aromatic N) is 1. The van der Waals surface area contributed by atoms with Crippen molar-refractivity contribution in [2.75, 3.05) is 19.6 Å². The third-order valence-electron chi connectivity index (χ3n) is 8.09. The first kappa shape index (κ1) is 27.1. The van der Waals surface area contributed by atoms with Crippen LogP contribution in [0.4, 0.5) is 0 Å². The van der Waals surface area contributed by atoms with Crippen molar-refractivity contribution < 1.29 is 20.1 Å². The second kappa shape index (κ2) is 11.6. The molecule has 0 aliphatic carbocycles. The first-order chi connectivity index (χ1) is 17.7. The van der Waals surface area contributed by atoms with E-state index >= 15 is 0 Å². The van der Waals surface area contributed by atoms with Crippen molar-refractivity contribution >= 4 is 5.97 Å². The molecule has 5 nitrogen and oxygen atoms in total. The Morgan fingerprint density at radius 1 is 0.892 bits per heavy atom. The number of piperidine rings is 1. The number of aliphatic hydroxyl groups is 2. The minimum atomic E-state index is -1.06. The molecule has 3 aromatic carbocycles. The molecule has 3 aromatic rings. The first-order valence-electron chi connectivity index (χ1n) is 13.3. The second-order valence-electron chi connectivity index (χ2n) is 10.8. The lowest BCUT2D eigenvalue weighted by Crippen LogP contribution is -2.44. The number of carbonyl (C=O) groups is 1. The first-order valence-corrected chi connectivity index (χ1v) is 13.3. The van der Waals surface area contributed by atoms with Crippen molar-refractivity contribution in [3.8, 4) is 0 Å². The highest BCUT2D eigenvalue weighted by atomic mass is 16.4. The number of carboxylic acid groups (broad SMARTS) is 1. The molecular weight excluding hydrogens is 462 g/mol. The van der Waals surface area contributed by atoms with Gasteiger partial charge in [-0.05, 0) is 87.3 Å². The van der Waals surface area contributed by atoms with Gasteiger partial charge in [0.1, 0.15) is 5.60 Å². The normalized spacial score (nSPS) is 16.4. The van der Waals surface area contributed by atoms with Gasteiger partial charge >= 0.3 is 5.97 Å². The SMILES string of the molecule is CC(C)(C(=O)O)c1ccccc1C(O)CCCN1CCC(C(O)(c2ccccc2)c2ccccc2)CC1. The van der Waals surface area contributed by atoms with Crippen molar-refractivity contribution in [3.05, 3.63) is 107 Å². The summed E-state index contributed by atoms with van der Waals surface area (Å²) in [6.45, 7) is 6.01. The molecule has 196 valence electrons. The molecule has 1 aliphatic rings. The second-order valence-corrected chi connectivity index (χ2v) is 10.8. The number of aliphatic carboxylic acids is 1. The van der Waals surface area contributed by atoms with Gasteiger partial charge < -0.3 is 20.2 Å². The lowest BCUT2D eigenvalue weighted by molar-refractivity contribution is -0.142. The summed E-state index contributed by atoms with van der Waals surface area (Å²) >= 11 is 0. The van der Waals surface area contributed by atoms with Crippen LogP contribution in [0.3, 0.4) is 0 Å². The molecule has 1 fully saturated rings. The largest absolute Gasteiger partial charge is 0.481 e.